The molecular formula is C17H18N2O6S. The Bertz CT molecular complexity index is 963. The van der Waals surface area contributed by atoms with E-state index >= 15 is 0 Å². The van der Waals surface area contributed by atoms with Gasteiger partial charge in [0.05, 0.1) is 17.6 Å². The molecule has 0 N–H and O–H groups in total. The van der Waals surface area contributed by atoms with Gasteiger partial charge in [0, 0.05) is 18.2 Å². The van der Waals surface area contributed by atoms with E-state index in [0.717, 1.165) is 11.8 Å². The van der Waals surface area contributed by atoms with E-state index < -0.39 is 22.6 Å². The minimum Gasteiger partial charge on any atom is -0.451 e. The molecule has 0 amide bonds. The third-order valence-electron chi connectivity index (χ3n) is 4.04. The second kappa shape index (κ2) is 6.91. The Kier molecular flexibility index (Phi) is 4.82. The summed E-state index contributed by atoms with van der Waals surface area (Å²) in [6.45, 7) is 1.65. The van der Waals surface area contributed by atoms with Crippen LogP contribution >= 0.6 is 0 Å². The van der Waals surface area contributed by atoms with Crippen LogP contribution in [0.3, 0.4) is 0 Å². The van der Waals surface area contributed by atoms with Crippen LogP contribution in [0.25, 0.3) is 0 Å². The maximum Gasteiger partial charge on any atom is 0.377 e. The molecule has 0 bridgehead atoms. The highest BCUT2D eigenvalue weighted by molar-refractivity contribution is 7.92. The summed E-state index contributed by atoms with van der Waals surface area (Å²) in [5.41, 5.74) is 2.27. The fourth-order valence-electron chi connectivity index (χ4n) is 2.83. The number of esters is 1. The molecule has 0 radical (unpaired) electrons. The number of fused-ring (bicyclic) bond motifs is 1. The van der Waals surface area contributed by atoms with Gasteiger partial charge in [-0.25, -0.2) is 13.2 Å². The number of ether oxygens (including phenoxy) is 1. The van der Waals surface area contributed by atoms with Crippen molar-refractivity contribution in [1.82, 2.24) is 5.16 Å². The lowest BCUT2D eigenvalue weighted by Crippen LogP contribution is -2.34. The highest BCUT2D eigenvalue weighted by Crippen LogP contribution is 2.30. The highest BCUT2D eigenvalue weighted by atomic mass is 32.2. The van der Waals surface area contributed by atoms with Crippen LogP contribution in [0.5, 0.6) is 0 Å². The summed E-state index contributed by atoms with van der Waals surface area (Å²) in [6, 6.07) is 6.23. The van der Waals surface area contributed by atoms with Crippen molar-refractivity contribution < 1.29 is 27.3 Å². The van der Waals surface area contributed by atoms with Crippen molar-refractivity contribution in [1.29, 1.82) is 0 Å². The van der Waals surface area contributed by atoms with E-state index in [-0.39, 0.29) is 11.5 Å². The molecule has 1 aliphatic heterocycles. The maximum absolute atomic E-state index is 12.3. The molecule has 0 spiro atoms. The van der Waals surface area contributed by atoms with Crippen molar-refractivity contribution in [2.24, 2.45) is 0 Å². The van der Waals surface area contributed by atoms with E-state index in [1.54, 1.807) is 19.1 Å². The summed E-state index contributed by atoms with van der Waals surface area (Å²) in [5.74, 6) is -1.21. The molecule has 0 atom stereocenters. The summed E-state index contributed by atoms with van der Waals surface area (Å²) in [5, 5.41) is 3.58. The van der Waals surface area contributed by atoms with Crippen molar-refractivity contribution in [2.45, 2.75) is 19.8 Å². The number of Topliss-reactive ketones (excluding diaryl/α,β-unsaturated/α-hetero) is 1. The SMILES string of the molecule is Cc1cc(C(=O)OCC(=O)c2ccc3c(c2)CCCN3S(C)(=O)=O)on1. The summed E-state index contributed by atoms with van der Waals surface area (Å²) in [6.07, 6.45) is 2.52. The van der Waals surface area contributed by atoms with Crippen molar-refractivity contribution in [3.63, 3.8) is 0 Å². The number of anilines is 1. The Hall–Kier alpha value is -2.68. The number of sulfonamides is 1. The molecule has 8 nitrogen and oxygen atoms in total. The van der Waals surface area contributed by atoms with Crippen LogP contribution in [-0.2, 0) is 21.2 Å². The Morgan fingerprint density at radius 3 is 2.73 bits per heavy atom. The second-order valence-electron chi connectivity index (χ2n) is 6.11. The molecule has 0 aliphatic carbocycles. The van der Waals surface area contributed by atoms with Crippen LogP contribution in [0.1, 0.15) is 38.6 Å². The third-order valence-corrected chi connectivity index (χ3v) is 5.22. The largest absolute Gasteiger partial charge is 0.451 e. The van der Waals surface area contributed by atoms with Gasteiger partial charge in [0.25, 0.3) is 0 Å². The van der Waals surface area contributed by atoms with Gasteiger partial charge in [-0.3, -0.25) is 9.10 Å². The van der Waals surface area contributed by atoms with Crippen LogP contribution in [-0.4, -0.2) is 44.7 Å². The third kappa shape index (κ3) is 3.77. The number of nitrogens with zero attached hydrogens (tertiary/aromatic N) is 2. The van der Waals surface area contributed by atoms with Crippen molar-refractivity contribution in [2.75, 3.05) is 23.7 Å². The van der Waals surface area contributed by atoms with E-state index in [4.69, 9.17) is 9.26 Å². The molecule has 2 aromatic rings. The molecule has 0 saturated carbocycles. The zero-order chi connectivity index (χ0) is 18.9. The van der Waals surface area contributed by atoms with Crippen LogP contribution in [0, 0.1) is 6.92 Å². The second-order valence-corrected chi connectivity index (χ2v) is 8.02. The van der Waals surface area contributed by atoms with Gasteiger partial charge in [0.1, 0.15) is 0 Å². The molecule has 1 aromatic heterocycles. The number of aryl methyl sites for hydroxylation is 2. The number of rotatable bonds is 5. The number of hydrogen-bond donors (Lipinski definition) is 0. The Labute approximate surface area is 150 Å². The molecule has 0 unspecified atom stereocenters. The van der Waals surface area contributed by atoms with Gasteiger partial charge in [-0.2, -0.15) is 0 Å². The molecule has 9 heteroatoms. The van der Waals surface area contributed by atoms with Crippen molar-refractivity contribution >= 4 is 27.5 Å². The van der Waals surface area contributed by atoms with E-state index in [0.29, 0.717) is 36.3 Å². The molecular weight excluding hydrogens is 360 g/mol. The Balaban J connectivity index is 1.72. The van der Waals surface area contributed by atoms with Crippen LogP contribution in [0.4, 0.5) is 5.69 Å². The van der Waals surface area contributed by atoms with Gasteiger partial charge in [-0.15, -0.1) is 0 Å². The number of carbonyl (C=O) groups is 2. The standard InChI is InChI=1S/C17H18N2O6S/c1-11-8-16(25-18-11)17(21)24-10-15(20)13-5-6-14-12(9-13)4-3-7-19(14)26(2,22)23/h5-6,8-9H,3-4,7,10H2,1-2H3. The maximum atomic E-state index is 12.3. The summed E-state index contributed by atoms with van der Waals surface area (Å²) < 4.78 is 34.8. The first-order valence-corrected chi connectivity index (χ1v) is 9.85. The molecule has 0 saturated heterocycles. The molecule has 2 heterocycles. The van der Waals surface area contributed by atoms with Crippen LogP contribution < -0.4 is 4.31 Å². The van der Waals surface area contributed by atoms with Crippen molar-refractivity contribution in [3.8, 4) is 0 Å². The zero-order valence-electron chi connectivity index (χ0n) is 14.4. The predicted molar refractivity (Wildman–Crippen MR) is 92.8 cm³/mol. The van der Waals surface area contributed by atoms with Crippen molar-refractivity contribution in [3.05, 3.63) is 46.8 Å². The number of ketones is 1. The molecule has 26 heavy (non-hydrogen) atoms. The van der Waals surface area contributed by atoms with E-state index in [1.165, 1.54) is 16.4 Å². The van der Waals surface area contributed by atoms with Gasteiger partial charge in [0.2, 0.25) is 15.8 Å². The average Bonchev–Trinajstić information content (AvgIpc) is 3.04. The van der Waals surface area contributed by atoms with E-state index in [9.17, 15) is 18.0 Å². The van der Waals surface area contributed by atoms with Gasteiger partial charge >= 0.3 is 5.97 Å². The normalized spacial score (nSPS) is 14.0. The van der Waals surface area contributed by atoms with Gasteiger partial charge in [-0.1, -0.05) is 5.16 Å². The fourth-order valence-corrected chi connectivity index (χ4v) is 3.82. The lowest BCUT2D eigenvalue weighted by Gasteiger charge is -2.29. The van der Waals surface area contributed by atoms with E-state index in [2.05, 4.69) is 5.16 Å². The van der Waals surface area contributed by atoms with Gasteiger partial charge in [0.15, 0.2) is 12.4 Å². The fraction of sp³-hybridized carbons (Fsp3) is 0.353. The summed E-state index contributed by atoms with van der Waals surface area (Å²) in [7, 11) is -3.36. The minimum absolute atomic E-state index is 0.0652. The summed E-state index contributed by atoms with van der Waals surface area (Å²) >= 11 is 0. The van der Waals surface area contributed by atoms with E-state index in [1.807, 2.05) is 0 Å². The minimum atomic E-state index is -3.36. The number of hydrogen-bond acceptors (Lipinski definition) is 7. The monoisotopic (exact) mass is 378 g/mol. The quantitative estimate of drug-likeness (QED) is 0.576. The molecule has 1 aromatic carbocycles. The molecule has 3 rings (SSSR count). The first kappa shape index (κ1) is 18.1. The molecule has 0 fully saturated rings. The van der Waals surface area contributed by atoms with Crippen LogP contribution in [0.2, 0.25) is 0 Å². The smallest absolute Gasteiger partial charge is 0.377 e. The van der Waals surface area contributed by atoms with Crippen LogP contribution in [0.15, 0.2) is 28.8 Å². The zero-order valence-corrected chi connectivity index (χ0v) is 15.2. The lowest BCUT2D eigenvalue weighted by molar-refractivity contribution is 0.0435. The predicted octanol–water partition coefficient (Wildman–Crippen LogP) is 1.73. The number of carbonyl (C=O) groups excluding carboxylic acids is 2. The first-order chi connectivity index (χ1) is 12.3. The lowest BCUT2D eigenvalue weighted by atomic mass is 9.99. The Morgan fingerprint density at radius 2 is 2.08 bits per heavy atom. The number of aromatic nitrogens is 1. The summed E-state index contributed by atoms with van der Waals surface area (Å²) in [4.78, 5) is 24.1. The van der Waals surface area contributed by atoms with Gasteiger partial charge in [-0.05, 0) is 43.5 Å². The topological polar surface area (TPSA) is 107 Å². The van der Waals surface area contributed by atoms with Gasteiger partial charge < -0.3 is 9.26 Å². The highest BCUT2D eigenvalue weighted by Gasteiger charge is 2.25. The average molecular weight is 378 g/mol. The Morgan fingerprint density at radius 1 is 1.31 bits per heavy atom. The number of benzene rings is 1. The molecule has 1 aliphatic rings. The first-order valence-electron chi connectivity index (χ1n) is 8.00. The molecule has 138 valence electrons.